The lowest BCUT2D eigenvalue weighted by Gasteiger charge is -2.14. The van der Waals surface area contributed by atoms with E-state index in [0.717, 1.165) is 5.69 Å². The maximum absolute atomic E-state index is 11.4. The molecule has 9 heteroatoms. The molecule has 1 rings (SSSR count). The van der Waals surface area contributed by atoms with Crippen LogP contribution in [0, 0.1) is 0 Å². The van der Waals surface area contributed by atoms with Gasteiger partial charge >= 0.3 is 0 Å². The number of rotatable bonds is 11. The zero-order chi connectivity index (χ0) is 19.4. The molecule has 0 radical (unpaired) electrons. The van der Waals surface area contributed by atoms with E-state index in [1.807, 2.05) is 32.0 Å². The van der Waals surface area contributed by atoms with Crippen LogP contribution in [-0.4, -0.2) is 53.5 Å². The summed E-state index contributed by atoms with van der Waals surface area (Å²) < 4.78 is 36.2. The molecule has 3 N–H and O–H groups in total. The minimum atomic E-state index is -3.15. The monoisotopic (exact) mass is 386 g/mol. The van der Waals surface area contributed by atoms with Crippen molar-refractivity contribution in [2.24, 2.45) is 4.99 Å². The summed E-state index contributed by atoms with van der Waals surface area (Å²) in [6, 6.07) is 5.56. The van der Waals surface area contributed by atoms with E-state index in [9.17, 15) is 8.42 Å². The van der Waals surface area contributed by atoms with E-state index < -0.39 is 10.0 Å². The first-order chi connectivity index (χ1) is 12.5. The first kappa shape index (κ1) is 22.0. The highest BCUT2D eigenvalue weighted by Crippen LogP contribution is 2.30. The minimum absolute atomic E-state index is 0.0834. The van der Waals surface area contributed by atoms with Crippen LogP contribution in [0.5, 0.6) is 11.5 Å². The Hall–Kier alpha value is -2.00. The fourth-order valence-corrected chi connectivity index (χ4v) is 2.73. The SMILES string of the molecule is CCNC(=NCCCNS(=O)(=O)CC)Nc1ccc(OC)c(OCC)c1. The quantitative estimate of drug-likeness (QED) is 0.305. The van der Waals surface area contributed by atoms with Crippen molar-refractivity contribution in [1.82, 2.24) is 10.0 Å². The number of ether oxygens (including phenoxy) is 2. The third kappa shape index (κ3) is 7.92. The van der Waals surface area contributed by atoms with Crippen molar-refractivity contribution in [3.8, 4) is 11.5 Å². The number of nitrogens with one attached hydrogen (secondary N) is 3. The Bertz CT molecular complexity index is 677. The zero-order valence-electron chi connectivity index (χ0n) is 16.0. The Morgan fingerprint density at radius 1 is 1.19 bits per heavy atom. The van der Waals surface area contributed by atoms with Crippen LogP contribution < -0.4 is 24.8 Å². The normalized spacial score (nSPS) is 11.9. The summed E-state index contributed by atoms with van der Waals surface area (Å²) in [5.41, 5.74) is 0.820. The highest BCUT2D eigenvalue weighted by Gasteiger charge is 2.07. The maximum Gasteiger partial charge on any atom is 0.211 e. The van der Waals surface area contributed by atoms with Gasteiger partial charge in [0.2, 0.25) is 10.0 Å². The van der Waals surface area contributed by atoms with Crippen molar-refractivity contribution in [2.45, 2.75) is 27.2 Å². The van der Waals surface area contributed by atoms with Gasteiger partial charge in [0.05, 0.1) is 19.5 Å². The van der Waals surface area contributed by atoms with E-state index in [4.69, 9.17) is 9.47 Å². The lowest BCUT2D eigenvalue weighted by atomic mass is 10.2. The van der Waals surface area contributed by atoms with Gasteiger partial charge in [0.25, 0.3) is 0 Å². The molecule has 0 atom stereocenters. The van der Waals surface area contributed by atoms with Crippen molar-refractivity contribution in [3.63, 3.8) is 0 Å². The molecule has 1 aromatic carbocycles. The Kier molecular flexibility index (Phi) is 9.82. The van der Waals surface area contributed by atoms with Crippen LogP contribution in [0.15, 0.2) is 23.2 Å². The summed E-state index contributed by atoms with van der Waals surface area (Å²) in [7, 11) is -1.55. The van der Waals surface area contributed by atoms with Crippen LogP contribution in [0.25, 0.3) is 0 Å². The predicted octanol–water partition coefficient (Wildman–Crippen LogP) is 1.80. The van der Waals surface area contributed by atoms with Gasteiger partial charge in [0.15, 0.2) is 17.5 Å². The number of benzene rings is 1. The van der Waals surface area contributed by atoms with Crippen LogP contribution in [0.4, 0.5) is 5.69 Å². The largest absolute Gasteiger partial charge is 0.493 e. The molecule has 0 saturated carbocycles. The highest BCUT2D eigenvalue weighted by molar-refractivity contribution is 7.89. The molecule has 0 spiro atoms. The van der Waals surface area contributed by atoms with Crippen molar-refractivity contribution in [1.29, 1.82) is 0 Å². The summed E-state index contributed by atoms with van der Waals surface area (Å²) in [6.07, 6.45) is 0.614. The Morgan fingerprint density at radius 2 is 1.96 bits per heavy atom. The average Bonchev–Trinajstić information content (AvgIpc) is 2.62. The maximum atomic E-state index is 11.4. The molecule has 0 aromatic heterocycles. The fraction of sp³-hybridized carbons (Fsp3) is 0.588. The molecule has 0 saturated heterocycles. The summed E-state index contributed by atoms with van der Waals surface area (Å²) in [5, 5.41) is 6.37. The minimum Gasteiger partial charge on any atom is -0.493 e. The van der Waals surface area contributed by atoms with Crippen LogP contribution in [0.1, 0.15) is 27.2 Å². The summed E-state index contributed by atoms with van der Waals surface area (Å²) in [4.78, 5) is 4.46. The molecule has 0 aliphatic rings. The number of nitrogens with zero attached hydrogens (tertiary/aromatic N) is 1. The van der Waals surface area contributed by atoms with Gasteiger partial charge in [-0.2, -0.15) is 0 Å². The molecule has 0 aliphatic heterocycles. The number of sulfonamides is 1. The first-order valence-electron chi connectivity index (χ1n) is 8.79. The van der Waals surface area contributed by atoms with Gasteiger partial charge in [-0.1, -0.05) is 0 Å². The van der Waals surface area contributed by atoms with Crippen molar-refractivity contribution < 1.29 is 17.9 Å². The molecule has 8 nitrogen and oxygen atoms in total. The first-order valence-corrected chi connectivity index (χ1v) is 10.4. The van der Waals surface area contributed by atoms with Gasteiger partial charge < -0.3 is 20.1 Å². The molecule has 0 unspecified atom stereocenters. The Morgan fingerprint density at radius 3 is 2.58 bits per heavy atom. The number of guanidine groups is 1. The van der Waals surface area contributed by atoms with Crippen LogP contribution in [-0.2, 0) is 10.0 Å². The number of methoxy groups -OCH3 is 1. The fourth-order valence-electron chi connectivity index (χ4n) is 2.07. The molecule has 1 aromatic rings. The van der Waals surface area contributed by atoms with E-state index >= 15 is 0 Å². The van der Waals surface area contributed by atoms with Gasteiger partial charge in [-0.15, -0.1) is 0 Å². The highest BCUT2D eigenvalue weighted by atomic mass is 32.2. The second-order valence-electron chi connectivity index (χ2n) is 5.34. The van der Waals surface area contributed by atoms with E-state index in [-0.39, 0.29) is 5.75 Å². The van der Waals surface area contributed by atoms with Gasteiger partial charge in [0.1, 0.15) is 0 Å². The van der Waals surface area contributed by atoms with Crippen molar-refractivity contribution >= 4 is 21.7 Å². The molecule has 0 amide bonds. The van der Waals surface area contributed by atoms with Gasteiger partial charge in [-0.3, -0.25) is 4.99 Å². The van der Waals surface area contributed by atoms with Gasteiger partial charge in [-0.05, 0) is 39.3 Å². The zero-order valence-corrected chi connectivity index (χ0v) is 16.8. The van der Waals surface area contributed by atoms with Crippen LogP contribution >= 0.6 is 0 Å². The standard InChI is InChI=1S/C17H30N4O4S/c1-5-18-17(19-11-8-12-20-26(22,23)7-3)21-14-9-10-15(24-4)16(13-14)25-6-2/h9-10,13,20H,5-8,11-12H2,1-4H3,(H2,18,19,21). The number of anilines is 1. The smallest absolute Gasteiger partial charge is 0.211 e. The van der Waals surface area contributed by atoms with E-state index in [1.54, 1.807) is 14.0 Å². The Labute approximate surface area is 156 Å². The summed E-state index contributed by atoms with van der Waals surface area (Å²) in [6.45, 7) is 7.62. The molecule has 0 bridgehead atoms. The molecular weight excluding hydrogens is 356 g/mol. The van der Waals surface area contributed by atoms with Crippen molar-refractivity contribution in [3.05, 3.63) is 18.2 Å². The number of hydrogen-bond donors (Lipinski definition) is 3. The summed E-state index contributed by atoms with van der Waals surface area (Å²) >= 11 is 0. The average molecular weight is 387 g/mol. The van der Waals surface area contributed by atoms with Crippen molar-refractivity contribution in [2.75, 3.05) is 44.4 Å². The Balaban J connectivity index is 2.68. The molecule has 26 heavy (non-hydrogen) atoms. The molecular formula is C17H30N4O4S. The van der Waals surface area contributed by atoms with E-state index in [2.05, 4.69) is 20.3 Å². The van der Waals surface area contributed by atoms with Gasteiger partial charge in [0, 0.05) is 31.4 Å². The second-order valence-corrected chi connectivity index (χ2v) is 7.43. The van der Waals surface area contributed by atoms with E-state index in [0.29, 0.717) is 50.1 Å². The van der Waals surface area contributed by atoms with Gasteiger partial charge in [-0.25, -0.2) is 13.1 Å². The van der Waals surface area contributed by atoms with E-state index in [1.165, 1.54) is 0 Å². The lowest BCUT2D eigenvalue weighted by molar-refractivity contribution is 0.311. The molecule has 0 aliphatic carbocycles. The molecule has 0 heterocycles. The summed E-state index contributed by atoms with van der Waals surface area (Å²) in [5.74, 6) is 2.03. The second kappa shape index (κ2) is 11.6. The number of hydrogen-bond acceptors (Lipinski definition) is 5. The molecule has 0 fully saturated rings. The number of aliphatic imine (C=N–C) groups is 1. The predicted molar refractivity (Wildman–Crippen MR) is 106 cm³/mol. The van der Waals surface area contributed by atoms with Crippen LogP contribution in [0.2, 0.25) is 0 Å². The third-order valence-electron chi connectivity index (χ3n) is 3.38. The molecule has 148 valence electrons. The lowest BCUT2D eigenvalue weighted by Crippen LogP contribution is -2.31. The third-order valence-corrected chi connectivity index (χ3v) is 4.78. The van der Waals surface area contributed by atoms with Crippen LogP contribution in [0.3, 0.4) is 0 Å². The topological polar surface area (TPSA) is 101 Å².